The van der Waals surface area contributed by atoms with Gasteiger partial charge in [-0.1, -0.05) is 121 Å². The van der Waals surface area contributed by atoms with E-state index in [4.69, 9.17) is 0 Å². The minimum Gasteiger partial charge on any atom is -0.333 e. The second kappa shape index (κ2) is 9.11. The summed E-state index contributed by atoms with van der Waals surface area (Å²) in [6, 6.07) is 47.8. The Balaban J connectivity index is 1.38. The van der Waals surface area contributed by atoms with E-state index in [0.717, 1.165) is 12.0 Å². The van der Waals surface area contributed by atoms with Crippen LogP contribution in [-0.4, -0.2) is 4.57 Å². The number of hydrogen-bond donors (Lipinski definition) is 0. The molecule has 0 N–H and O–H groups in total. The van der Waals surface area contributed by atoms with Gasteiger partial charge in [-0.25, -0.2) is 0 Å². The summed E-state index contributed by atoms with van der Waals surface area (Å²) in [5.74, 6) is 0. The SMILES string of the molecule is N#CC1=CCC(n2c3cc4c(cc3c3c5ccccc5ccc32)Sc2ccccc2C42c3ccccc3-c3ccccc32)C=C1. The molecule has 210 valence electrons. The molecule has 1 aromatic heterocycles. The predicted molar refractivity (Wildman–Crippen MR) is 185 cm³/mol. The summed E-state index contributed by atoms with van der Waals surface area (Å²) in [5.41, 5.74) is 10.8. The molecule has 2 aliphatic carbocycles. The molecule has 2 nitrogen and oxygen atoms in total. The monoisotopic (exact) mass is 590 g/mol. The van der Waals surface area contributed by atoms with E-state index in [2.05, 4.69) is 144 Å². The highest BCUT2D eigenvalue weighted by atomic mass is 32.2. The summed E-state index contributed by atoms with van der Waals surface area (Å²) in [4.78, 5) is 2.62. The van der Waals surface area contributed by atoms with E-state index in [1.807, 2.05) is 17.8 Å². The van der Waals surface area contributed by atoms with Crippen LogP contribution in [0, 0.1) is 11.3 Å². The van der Waals surface area contributed by atoms with Gasteiger partial charge in [0.05, 0.1) is 28.6 Å². The average Bonchev–Trinajstić information content (AvgIpc) is 3.58. The normalized spacial score (nSPS) is 17.1. The highest BCUT2D eigenvalue weighted by Crippen LogP contribution is 2.62. The molecular formula is C42H26N2S. The molecular weight excluding hydrogens is 565 g/mol. The maximum atomic E-state index is 9.58. The maximum absolute atomic E-state index is 9.58. The Bertz CT molecular complexity index is 2480. The Kier molecular flexibility index (Phi) is 5.08. The molecule has 0 fully saturated rings. The fraction of sp³-hybridized carbons (Fsp3) is 0.0714. The third-order valence-corrected chi connectivity index (χ3v) is 11.3. The molecule has 0 bridgehead atoms. The number of hydrogen-bond acceptors (Lipinski definition) is 2. The fourth-order valence-electron chi connectivity index (χ4n) is 8.40. The van der Waals surface area contributed by atoms with E-state index in [9.17, 15) is 5.26 Å². The van der Waals surface area contributed by atoms with Crippen LogP contribution in [0.4, 0.5) is 0 Å². The van der Waals surface area contributed by atoms with Gasteiger partial charge in [-0.2, -0.15) is 5.26 Å². The number of aromatic nitrogens is 1. The predicted octanol–water partition coefficient (Wildman–Crippen LogP) is 10.7. The van der Waals surface area contributed by atoms with Crippen molar-refractivity contribution in [3.63, 3.8) is 0 Å². The van der Waals surface area contributed by atoms with Gasteiger partial charge in [0, 0.05) is 26.1 Å². The lowest BCUT2D eigenvalue weighted by Crippen LogP contribution is -2.32. The highest BCUT2D eigenvalue weighted by Gasteiger charge is 2.50. The van der Waals surface area contributed by atoms with Crippen LogP contribution >= 0.6 is 11.8 Å². The van der Waals surface area contributed by atoms with E-state index in [-0.39, 0.29) is 6.04 Å². The molecule has 0 saturated heterocycles. The first-order valence-corrected chi connectivity index (χ1v) is 16.3. The molecule has 3 aliphatic rings. The van der Waals surface area contributed by atoms with Crippen LogP contribution in [0.2, 0.25) is 0 Å². The molecule has 7 aromatic rings. The summed E-state index contributed by atoms with van der Waals surface area (Å²) in [6.45, 7) is 0. The lowest BCUT2D eigenvalue weighted by molar-refractivity contribution is 0.644. The molecule has 3 heteroatoms. The van der Waals surface area contributed by atoms with E-state index >= 15 is 0 Å². The van der Waals surface area contributed by atoms with Crippen LogP contribution in [-0.2, 0) is 5.41 Å². The second-order valence-electron chi connectivity index (χ2n) is 12.3. The zero-order chi connectivity index (χ0) is 29.7. The van der Waals surface area contributed by atoms with E-state index < -0.39 is 5.41 Å². The van der Waals surface area contributed by atoms with Crippen LogP contribution in [0.25, 0.3) is 43.7 Å². The van der Waals surface area contributed by atoms with Crippen molar-refractivity contribution in [3.8, 4) is 17.2 Å². The van der Waals surface area contributed by atoms with E-state index in [0.29, 0.717) is 0 Å². The number of allylic oxidation sites excluding steroid dienone is 4. The van der Waals surface area contributed by atoms with Crippen LogP contribution < -0.4 is 0 Å². The van der Waals surface area contributed by atoms with Crippen molar-refractivity contribution >= 4 is 44.3 Å². The summed E-state index contributed by atoms with van der Waals surface area (Å²) < 4.78 is 2.53. The molecule has 0 saturated carbocycles. The topological polar surface area (TPSA) is 28.7 Å². The number of nitrogens with zero attached hydrogens (tertiary/aromatic N) is 2. The summed E-state index contributed by atoms with van der Waals surface area (Å²) >= 11 is 1.90. The molecule has 2 heterocycles. The Hall–Kier alpha value is -5.30. The summed E-state index contributed by atoms with van der Waals surface area (Å²) in [7, 11) is 0. The van der Waals surface area contributed by atoms with Gasteiger partial charge in [0.15, 0.2) is 0 Å². The van der Waals surface area contributed by atoms with E-state index in [1.54, 1.807) is 0 Å². The third-order valence-electron chi connectivity index (χ3n) is 10.2. The van der Waals surface area contributed by atoms with Crippen molar-refractivity contribution in [3.05, 3.63) is 167 Å². The molecule has 10 rings (SSSR count). The first-order valence-electron chi connectivity index (χ1n) is 15.5. The molecule has 1 aliphatic heterocycles. The van der Waals surface area contributed by atoms with Crippen molar-refractivity contribution in [2.75, 3.05) is 0 Å². The minimum absolute atomic E-state index is 0.115. The van der Waals surface area contributed by atoms with Gasteiger partial charge in [-0.05, 0) is 80.9 Å². The van der Waals surface area contributed by atoms with Gasteiger partial charge < -0.3 is 4.57 Å². The Morgan fingerprint density at radius 1 is 0.667 bits per heavy atom. The zero-order valence-corrected chi connectivity index (χ0v) is 25.2. The number of benzene rings is 6. The molecule has 0 amide bonds. The second-order valence-corrected chi connectivity index (χ2v) is 13.4. The lowest BCUT2D eigenvalue weighted by atomic mass is 9.67. The number of nitriles is 1. The largest absolute Gasteiger partial charge is 0.333 e. The van der Waals surface area contributed by atoms with Gasteiger partial charge in [0.25, 0.3) is 0 Å². The van der Waals surface area contributed by atoms with Gasteiger partial charge >= 0.3 is 0 Å². The lowest BCUT2D eigenvalue weighted by Gasteiger charge is -2.39. The summed E-state index contributed by atoms with van der Waals surface area (Å²) in [6.07, 6.45) is 7.07. The first kappa shape index (κ1) is 25.1. The molecule has 6 aromatic carbocycles. The van der Waals surface area contributed by atoms with Crippen LogP contribution in [0.1, 0.15) is 34.7 Å². The summed E-state index contributed by atoms with van der Waals surface area (Å²) in [5, 5.41) is 14.7. The van der Waals surface area contributed by atoms with Crippen LogP contribution in [0.15, 0.2) is 155 Å². The van der Waals surface area contributed by atoms with Crippen LogP contribution in [0.5, 0.6) is 0 Å². The molecule has 1 spiro atoms. The Labute approximate surface area is 265 Å². The van der Waals surface area contributed by atoms with Gasteiger partial charge in [-0.3, -0.25) is 0 Å². The molecule has 45 heavy (non-hydrogen) atoms. The molecule has 1 atom stereocenters. The third kappa shape index (κ3) is 3.20. The van der Waals surface area contributed by atoms with Gasteiger partial charge in [0.2, 0.25) is 0 Å². The van der Waals surface area contributed by atoms with Crippen molar-refractivity contribution in [2.24, 2.45) is 0 Å². The Morgan fingerprint density at radius 2 is 1.38 bits per heavy atom. The smallest absolute Gasteiger partial charge is 0.0988 e. The van der Waals surface area contributed by atoms with Crippen LogP contribution in [0.3, 0.4) is 0 Å². The van der Waals surface area contributed by atoms with E-state index in [1.165, 1.54) is 75.7 Å². The van der Waals surface area contributed by atoms with Gasteiger partial charge in [0.1, 0.15) is 0 Å². The van der Waals surface area contributed by atoms with Crippen molar-refractivity contribution in [1.82, 2.24) is 4.57 Å². The molecule has 0 radical (unpaired) electrons. The maximum Gasteiger partial charge on any atom is 0.0988 e. The quantitative estimate of drug-likeness (QED) is 0.190. The standard InChI is InChI=1S/C42H26N2S/c43-25-26-17-20-28(21-18-26)44-37-22-19-27-9-1-2-10-29(27)41(37)32-23-40-36(24-38(32)44)42(35-15-7-8-16-39(35)45-40)33-13-5-3-11-30(33)31-12-4-6-14-34(31)42/h1-20,22-24,28H,21H2. The number of fused-ring (bicyclic) bond motifs is 14. The van der Waals surface area contributed by atoms with Crippen molar-refractivity contribution in [2.45, 2.75) is 27.7 Å². The molecule has 1 unspecified atom stereocenters. The highest BCUT2D eigenvalue weighted by molar-refractivity contribution is 7.99. The Morgan fingerprint density at radius 3 is 2.13 bits per heavy atom. The van der Waals surface area contributed by atoms with Gasteiger partial charge in [-0.15, -0.1) is 0 Å². The van der Waals surface area contributed by atoms with Crippen molar-refractivity contribution in [1.29, 1.82) is 5.26 Å². The fourth-order valence-corrected chi connectivity index (χ4v) is 9.62. The number of rotatable bonds is 1. The first-order chi connectivity index (χ1) is 22.3. The zero-order valence-electron chi connectivity index (χ0n) is 24.4. The van der Waals surface area contributed by atoms with Crippen molar-refractivity contribution < 1.29 is 0 Å². The average molecular weight is 591 g/mol. The minimum atomic E-state index is -0.418.